The van der Waals surface area contributed by atoms with E-state index in [0.717, 1.165) is 75.3 Å². The molecule has 0 atom stereocenters. The molecular weight excluding hydrogens is 292 g/mol. The third-order valence-corrected chi connectivity index (χ3v) is 5.19. The zero-order valence-electron chi connectivity index (χ0n) is 13.2. The molecule has 122 valence electrons. The van der Waals surface area contributed by atoms with E-state index in [1.807, 2.05) is 11.1 Å². The van der Waals surface area contributed by atoms with Crippen LogP contribution in [0.25, 0.3) is 11.2 Å². The zero-order chi connectivity index (χ0) is 15.6. The Balaban J connectivity index is 1.61. The minimum Gasteiger partial charge on any atom is -0.381 e. The second-order valence-electron chi connectivity index (χ2n) is 6.54. The first-order valence-electron chi connectivity index (χ1n) is 8.46. The van der Waals surface area contributed by atoms with Gasteiger partial charge in [0.05, 0.1) is 11.9 Å². The Labute approximate surface area is 135 Å². The lowest BCUT2D eigenvalue weighted by molar-refractivity contribution is -0.119. The molecule has 2 saturated heterocycles. The average molecular weight is 314 g/mol. The summed E-state index contributed by atoms with van der Waals surface area (Å²) in [6.45, 7) is 3.28. The maximum Gasteiger partial charge on any atom is 0.209 e. The molecule has 6 heteroatoms. The molecule has 0 saturated carbocycles. The number of carbonyl (C=O) groups excluding carboxylic acids is 1. The van der Waals surface area contributed by atoms with Crippen LogP contribution in [0.4, 0.5) is 0 Å². The van der Waals surface area contributed by atoms with Crippen molar-refractivity contribution in [2.75, 3.05) is 26.3 Å². The van der Waals surface area contributed by atoms with Gasteiger partial charge in [0, 0.05) is 44.0 Å². The standard InChI is InChI=1S/C17H22N4O2/c22-11-21-5-1-12(2-6-21)14-9-18-17-16(14)20-15(10-19-17)13-3-7-23-8-4-13/h9-13H,1-8H2,(H,18,19). The van der Waals surface area contributed by atoms with Crippen molar-refractivity contribution in [2.24, 2.45) is 0 Å². The van der Waals surface area contributed by atoms with Gasteiger partial charge in [-0.05, 0) is 31.6 Å². The van der Waals surface area contributed by atoms with E-state index in [1.165, 1.54) is 5.56 Å². The molecule has 23 heavy (non-hydrogen) atoms. The van der Waals surface area contributed by atoms with Gasteiger partial charge in [0.1, 0.15) is 5.52 Å². The van der Waals surface area contributed by atoms with Gasteiger partial charge in [-0.15, -0.1) is 0 Å². The van der Waals surface area contributed by atoms with Gasteiger partial charge in [0.25, 0.3) is 0 Å². The third kappa shape index (κ3) is 2.83. The lowest BCUT2D eigenvalue weighted by Gasteiger charge is -2.28. The molecule has 2 aliphatic rings. The van der Waals surface area contributed by atoms with Crippen LogP contribution in [0.3, 0.4) is 0 Å². The fraction of sp³-hybridized carbons (Fsp3) is 0.588. The van der Waals surface area contributed by atoms with E-state index in [4.69, 9.17) is 9.72 Å². The van der Waals surface area contributed by atoms with Crippen LogP contribution in [-0.2, 0) is 9.53 Å². The van der Waals surface area contributed by atoms with Crippen molar-refractivity contribution in [3.8, 4) is 0 Å². The van der Waals surface area contributed by atoms with E-state index >= 15 is 0 Å². The monoisotopic (exact) mass is 314 g/mol. The summed E-state index contributed by atoms with van der Waals surface area (Å²) < 4.78 is 5.45. The first-order valence-corrected chi connectivity index (χ1v) is 8.46. The highest BCUT2D eigenvalue weighted by Crippen LogP contribution is 2.33. The number of hydrogen-bond donors (Lipinski definition) is 1. The van der Waals surface area contributed by atoms with Crippen LogP contribution in [0.5, 0.6) is 0 Å². The second-order valence-corrected chi connectivity index (χ2v) is 6.54. The molecule has 0 aliphatic carbocycles. The van der Waals surface area contributed by atoms with Crippen LogP contribution in [0.2, 0.25) is 0 Å². The van der Waals surface area contributed by atoms with Crippen molar-refractivity contribution in [2.45, 2.75) is 37.5 Å². The Morgan fingerprint density at radius 1 is 1.17 bits per heavy atom. The zero-order valence-corrected chi connectivity index (χ0v) is 13.2. The molecule has 0 unspecified atom stereocenters. The highest BCUT2D eigenvalue weighted by molar-refractivity contribution is 5.75. The van der Waals surface area contributed by atoms with Crippen molar-refractivity contribution >= 4 is 17.6 Å². The van der Waals surface area contributed by atoms with Crippen molar-refractivity contribution in [1.82, 2.24) is 19.9 Å². The number of nitrogens with one attached hydrogen (secondary N) is 1. The third-order valence-electron chi connectivity index (χ3n) is 5.19. The summed E-state index contributed by atoms with van der Waals surface area (Å²) in [5.74, 6) is 0.916. The Bertz CT molecular complexity index is 685. The van der Waals surface area contributed by atoms with Crippen molar-refractivity contribution < 1.29 is 9.53 Å². The maximum atomic E-state index is 10.9. The highest BCUT2D eigenvalue weighted by Gasteiger charge is 2.24. The molecule has 2 aromatic rings. The lowest BCUT2D eigenvalue weighted by Crippen LogP contribution is -2.31. The number of H-pyrrole nitrogens is 1. The van der Waals surface area contributed by atoms with Gasteiger partial charge in [0.15, 0.2) is 5.65 Å². The van der Waals surface area contributed by atoms with Gasteiger partial charge in [0.2, 0.25) is 6.41 Å². The summed E-state index contributed by atoms with van der Waals surface area (Å²) in [5, 5.41) is 0. The van der Waals surface area contributed by atoms with Crippen molar-refractivity contribution in [1.29, 1.82) is 0 Å². The quantitative estimate of drug-likeness (QED) is 0.882. The highest BCUT2D eigenvalue weighted by atomic mass is 16.5. The molecule has 2 aromatic heterocycles. The predicted molar refractivity (Wildman–Crippen MR) is 86.3 cm³/mol. The van der Waals surface area contributed by atoms with E-state index in [2.05, 4.69) is 16.2 Å². The Morgan fingerprint density at radius 3 is 2.70 bits per heavy atom. The van der Waals surface area contributed by atoms with E-state index in [-0.39, 0.29) is 0 Å². The summed E-state index contributed by atoms with van der Waals surface area (Å²) in [6, 6.07) is 0. The fourth-order valence-corrected chi connectivity index (χ4v) is 3.74. The number of ether oxygens (including phenoxy) is 1. The van der Waals surface area contributed by atoms with E-state index in [1.54, 1.807) is 0 Å². The SMILES string of the molecule is O=CN1CCC(c2c[nH]c3ncc(C4CCOCC4)nc23)CC1. The largest absolute Gasteiger partial charge is 0.381 e. The number of fused-ring (bicyclic) bond motifs is 1. The minimum atomic E-state index is 0.458. The van der Waals surface area contributed by atoms with Gasteiger partial charge in [-0.1, -0.05) is 0 Å². The first-order chi connectivity index (χ1) is 11.3. The number of aromatic amines is 1. The number of rotatable bonds is 3. The minimum absolute atomic E-state index is 0.458. The van der Waals surface area contributed by atoms with Crippen molar-refractivity contribution in [3.63, 3.8) is 0 Å². The van der Waals surface area contributed by atoms with Crippen LogP contribution in [0.15, 0.2) is 12.4 Å². The number of nitrogens with zero attached hydrogens (tertiary/aromatic N) is 3. The van der Waals surface area contributed by atoms with Crippen LogP contribution >= 0.6 is 0 Å². The van der Waals surface area contributed by atoms with Gasteiger partial charge in [-0.2, -0.15) is 0 Å². The maximum absolute atomic E-state index is 10.9. The number of likely N-dealkylation sites (tertiary alicyclic amines) is 1. The summed E-state index contributed by atoms with van der Waals surface area (Å²) in [5.41, 5.74) is 4.23. The smallest absolute Gasteiger partial charge is 0.209 e. The topological polar surface area (TPSA) is 71.1 Å². The molecular formula is C17H22N4O2. The van der Waals surface area contributed by atoms with E-state index < -0.39 is 0 Å². The normalized spacial score (nSPS) is 21.0. The Kier molecular flexibility index (Phi) is 3.99. The number of carbonyl (C=O) groups is 1. The molecule has 4 heterocycles. The summed E-state index contributed by atoms with van der Waals surface area (Å²) in [4.78, 5) is 25.5. The van der Waals surface area contributed by atoms with Gasteiger partial charge in [-0.25, -0.2) is 9.97 Å². The van der Waals surface area contributed by atoms with Crippen LogP contribution in [0, 0.1) is 0 Å². The fourth-order valence-electron chi connectivity index (χ4n) is 3.74. The number of aromatic nitrogens is 3. The molecule has 0 bridgehead atoms. The lowest BCUT2D eigenvalue weighted by atomic mass is 9.90. The Morgan fingerprint density at radius 2 is 1.96 bits per heavy atom. The van der Waals surface area contributed by atoms with E-state index in [9.17, 15) is 4.79 Å². The molecule has 6 nitrogen and oxygen atoms in total. The molecule has 0 spiro atoms. The van der Waals surface area contributed by atoms with Crippen LogP contribution in [0.1, 0.15) is 48.8 Å². The van der Waals surface area contributed by atoms with Crippen molar-refractivity contribution in [3.05, 3.63) is 23.7 Å². The van der Waals surface area contributed by atoms with Gasteiger partial charge >= 0.3 is 0 Å². The van der Waals surface area contributed by atoms with E-state index in [0.29, 0.717) is 11.8 Å². The first kappa shape index (κ1) is 14.6. The van der Waals surface area contributed by atoms with Crippen LogP contribution < -0.4 is 0 Å². The Hall–Kier alpha value is -1.95. The number of hydrogen-bond acceptors (Lipinski definition) is 4. The molecule has 0 radical (unpaired) electrons. The summed E-state index contributed by atoms with van der Waals surface area (Å²) in [7, 11) is 0. The predicted octanol–water partition coefficient (Wildman–Crippen LogP) is 2.19. The molecule has 1 N–H and O–H groups in total. The molecule has 2 fully saturated rings. The number of piperidine rings is 1. The second kappa shape index (κ2) is 6.28. The number of amides is 1. The average Bonchev–Trinajstić information content (AvgIpc) is 3.05. The van der Waals surface area contributed by atoms with Gasteiger partial charge < -0.3 is 14.6 Å². The summed E-state index contributed by atoms with van der Waals surface area (Å²) >= 11 is 0. The van der Waals surface area contributed by atoms with Crippen LogP contribution in [-0.4, -0.2) is 52.6 Å². The molecule has 2 aliphatic heterocycles. The molecule has 0 aromatic carbocycles. The van der Waals surface area contributed by atoms with Gasteiger partial charge in [-0.3, -0.25) is 4.79 Å². The summed E-state index contributed by atoms with van der Waals surface area (Å²) in [6.07, 6.45) is 8.96. The molecule has 4 rings (SSSR count). The molecule has 1 amide bonds.